The molecule has 2 aromatic rings. The third-order valence-corrected chi connectivity index (χ3v) is 4.25. The fourth-order valence-corrected chi connectivity index (χ4v) is 2.68. The molecule has 94 valence electrons. The van der Waals surface area contributed by atoms with Crippen LogP contribution in [0, 0.1) is 10.1 Å². The second-order valence-corrected chi connectivity index (χ2v) is 5.64. The lowest BCUT2D eigenvalue weighted by molar-refractivity contribution is -0.384. The Morgan fingerprint density at radius 2 is 2.22 bits per heavy atom. The zero-order valence-electron chi connectivity index (χ0n) is 9.59. The summed E-state index contributed by atoms with van der Waals surface area (Å²) in [6.07, 6.45) is 0. The molecule has 1 unspecified atom stereocenters. The van der Waals surface area contributed by atoms with Crippen LogP contribution < -0.4 is 5.32 Å². The molecule has 1 heterocycles. The maximum absolute atomic E-state index is 10.7. The molecule has 0 aliphatic heterocycles. The predicted molar refractivity (Wildman–Crippen MR) is 77.2 cm³/mol. The van der Waals surface area contributed by atoms with Crippen molar-refractivity contribution in [3.05, 3.63) is 55.2 Å². The van der Waals surface area contributed by atoms with Crippen LogP contribution in [0.2, 0.25) is 0 Å². The van der Waals surface area contributed by atoms with E-state index in [0.717, 1.165) is 10.2 Å². The molecule has 0 saturated carbocycles. The van der Waals surface area contributed by atoms with E-state index in [1.165, 1.54) is 17.0 Å². The van der Waals surface area contributed by atoms with Crippen LogP contribution in [0.4, 0.5) is 11.4 Å². The Morgan fingerprint density at radius 1 is 1.44 bits per heavy atom. The van der Waals surface area contributed by atoms with Crippen molar-refractivity contribution >= 4 is 38.6 Å². The van der Waals surface area contributed by atoms with Crippen LogP contribution in [0.15, 0.2) is 40.2 Å². The van der Waals surface area contributed by atoms with Crippen molar-refractivity contribution in [2.24, 2.45) is 0 Å². The molecule has 0 amide bonds. The number of anilines is 1. The molecular weight excluding hydrogens is 316 g/mol. The van der Waals surface area contributed by atoms with Gasteiger partial charge in [-0.15, -0.1) is 11.3 Å². The molecule has 0 saturated heterocycles. The number of nitrogens with one attached hydrogen (secondary N) is 1. The summed E-state index contributed by atoms with van der Waals surface area (Å²) in [7, 11) is 0. The molecule has 0 radical (unpaired) electrons. The second-order valence-electron chi connectivity index (χ2n) is 3.80. The van der Waals surface area contributed by atoms with E-state index >= 15 is 0 Å². The Morgan fingerprint density at radius 3 is 2.83 bits per heavy atom. The first-order valence-electron chi connectivity index (χ1n) is 5.32. The van der Waals surface area contributed by atoms with E-state index in [-0.39, 0.29) is 11.7 Å². The molecule has 1 aromatic heterocycles. The number of halogens is 1. The molecule has 6 heteroatoms. The minimum Gasteiger partial charge on any atom is -0.377 e. The first-order chi connectivity index (χ1) is 8.58. The van der Waals surface area contributed by atoms with Crippen LogP contribution >= 0.6 is 27.3 Å². The van der Waals surface area contributed by atoms with Crippen LogP contribution in [0.5, 0.6) is 0 Å². The van der Waals surface area contributed by atoms with E-state index < -0.39 is 4.92 Å². The molecule has 0 aliphatic rings. The highest BCUT2D eigenvalue weighted by Gasteiger charge is 2.12. The van der Waals surface area contributed by atoms with E-state index in [9.17, 15) is 10.1 Å². The molecule has 18 heavy (non-hydrogen) atoms. The molecule has 0 bridgehead atoms. The Labute approximate surface area is 117 Å². The average molecular weight is 327 g/mol. The van der Waals surface area contributed by atoms with E-state index in [0.29, 0.717) is 0 Å². The van der Waals surface area contributed by atoms with Crippen LogP contribution in [-0.2, 0) is 0 Å². The summed E-state index contributed by atoms with van der Waals surface area (Å²) in [5, 5.41) is 16.0. The first-order valence-corrected chi connectivity index (χ1v) is 6.99. The van der Waals surface area contributed by atoms with E-state index in [2.05, 4.69) is 21.2 Å². The molecular formula is C12H11BrN2O2S. The van der Waals surface area contributed by atoms with Gasteiger partial charge in [-0.25, -0.2) is 0 Å². The molecule has 0 aliphatic carbocycles. The maximum Gasteiger partial charge on any atom is 0.271 e. The van der Waals surface area contributed by atoms with Gasteiger partial charge < -0.3 is 5.32 Å². The Balaban J connectivity index is 2.23. The quantitative estimate of drug-likeness (QED) is 0.660. The largest absolute Gasteiger partial charge is 0.377 e. The number of hydrogen-bond acceptors (Lipinski definition) is 4. The van der Waals surface area contributed by atoms with Crippen LogP contribution in [0.3, 0.4) is 0 Å². The summed E-state index contributed by atoms with van der Waals surface area (Å²) in [6, 6.07) is 8.83. The number of non-ortho nitro benzene ring substituents is 1. The Kier molecular flexibility index (Phi) is 3.98. The SMILES string of the molecule is CC(Nc1cc([N+](=O)[O-])ccc1Br)c1cccs1. The van der Waals surface area contributed by atoms with Gasteiger partial charge in [0, 0.05) is 21.5 Å². The van der Waals surface area contributed by atoms with Gasteiger partial charge in [-0.1, -0.05) is 6.07 Å². The smallest absolute Gasteiger partial charge is 0.271 e. The normalized spacial score (nSPS) is 12.1. The van der Waals surface area contributed by atoms with E-state index in [4.69, 9.17) is 0 Å². The zero-order chi connectivity index (χ0) is 13.1. The lowest BCUT2D eigenvalue weighted by atomic mass is 10.2. The number of benzene rings is 1. The monoisotopic (exact) mass is 326 g/mol. The Hall–Kier alpha value is -1.40. The summed E-state index contributed by atoms with van der Waals surface area (Å²) in [4.78, 5) is 11.5. The van der Waals surface area contributed by atoms with Gasteiger partial charge in [-0.05, 0) is 40.4 Å². The topological polar surface area (TPSA) is 55.2 Å². The third-order valence-electron chi connectivity index (χ3n) is 2.50. The third kappa shape index (κ3) is 2.88. The van der Waals surface area contributed by atoms with Crippen LogP contribution in [-0.4, -0.2) is 4.92 Å². The van der Waals surface area contributed by atoms with Gasteiger partial charge in [-0.3, -0.25) is 10.1 Å². The average Bonchev–Trinajstić information content (AvgIpc) is 2.85. The van der Waals surface area contributed by atoms with Gasteiger partial charge >= 0.3 is 0 Å². The summed E-state index contributed by atoms with van der Waals surface area (Å²) in [6.45, 7) is 2.02. The van der Waals surface area contributed by atoms with Crippen molar-refractivity contribution < 1.29 is 4.92 Å². The number of nitro groups is 1. The van der Waals surface area contributed by atoms with Crippen LogP contribution in [0.25, 0.3) is 0 Å². The predicted octanol–water partition coefficient (Wildman–Crippen LogP) is 4.59. The van der Waals surface area contributed by atoms with Gasteiger partial charge in [-0.2, -0.15) is 0 Å². The molecule has 1 atom stereocenters. The second kappa shape index (κ2) is 5.49. The van der Waals surface area contributed by atoms with Crippen molar-refractivity contribution in [1.29, 1.82) is 0 Å². The molecule has 0 fully saturated rings. The number of nitrogens with zero attached hydrogens (tertiary/aromatic N) is 1. The highest BCUT2D eigenvalue weighted by Crippen LogP contribution is 2.31. The number of rotatable bonds is 4. The van der Waals surface area contributed by atoms with Gasteiger partial charge in [0.05, 0.1) is 16.7 Å². The number of hydrogen-bond donors (Lipinski definition) is 1. The molecule has 2 rings (SSSR count). The molecule has 1 N–H and O–H groups in total. The lowest BCUT2D eigenvalue weighted by Gasteiger charge is -2.14. The van der Waals surface area contributed by atoms with Crippen molar-refractivity contribution in [2.75, 3.05) is 5.32 Å². The standard InChI is InChI=1S/C12H11BrN2O2S/c1-8(12-3-2-6-18-12)14-11-7-9(15(16)17)4-5-10(11)13/h2-8,14H,1H3. The van der Waals surface area contributed by atoms with E-state index in [1.54, 1.807) is 17.4 Å². The first kappa shape index (κ1) is 13.0. The number of nitro benzene ring substituents is 1. The summed E-state index contributed by atoms with van der Waals surface area (Å²) >= 11 is 5.04. The highest BCUT2D eigenvalue weighted by molar-refractivity contribution is 9.10. The summed E-state index contributed by atoms with van der Waals surface area (Å²) in [5.41, 5.74) is 0.809. The van der Waals surface area contributed by atoms with Crippen molar-refractivity contribution in [3.8, 4) is 0 Å². The Bertz CT molecular complexity index is 557. The minimum absolute atomic E-state index is 0.0825. The lowest BCUT2D eigenvalue weighted by Crippen LogP contribution is -2.05. The fourth-order valence-electron chi connectivity index (χ4n) is 1.58. The highest BCUT2D eigenvalue weighted by atomic mass is 79.9. The zero-order valence-corrected chi connectivity index (χ0v) is 12.0. The van der Waals surface area contributed by atoms with Gasteiger partial charge in [0.2, 0.25) is 0 Å². The van der Waals surface area contributed by atoms with Crippen molar-refractivity contribution in [3.63, 3.8) is 0 Å². The molecule has 0 spiro atoms. The maximum atomic E-state index is 10.7. The summed E-state index contributed by atoms with van der Waals surface area (Å²) in [5.74, 6) is 0. The van der Waals surface area contributed by atoms with Gasteiger partial charge in [0.1, 0.15) is 0 Å². The van der Waals surface area contributed by atoms with Crippen molar-refractivity contribution in [2.45, 2.75) is 13.0 Å². The molecule has 4 nitrogen and oxygen atoms in total. The number of thiophene rings is 1. The van der Waals surface area contributed by atoms with Gasteiger partial charge in [0.25, 0.3) is 5.69 Å². The van der Waals surface area contributed by atoms with Gasteiger partial charge in [0.15, 0.2) is 0 Å². The fraction of sp³-hybridized carbons (Fsp3) is 0.167. The minimum atomic E-state index is -0.395. The molecule has 1 aromatic carbocycles. The van der Waals surface area contributed by atoms with E-state index in [1.807, 2.05) is 24.4 Å². The summed E-state index contributed by atoms with van der Waals surface area (Å²) < 4.78 is 0.816. The van der Waals surface area contributed by atoms with Crippen LogP contribution in [0.1, 0.15) is 17.8 Å². The van der Waals surface area contributed by atoms with Crippen molar-refractivity contribution in [1.82, 2.24) is 0 Å².